The summed E-state index contributed by atoms with van der Waals surface area (Å²) in [6.45, 7) is 5.28. The molecule has 3 saturated heterocycles. The quantitative estimate of drug-likeness (QED) is 0.656. The summed E-state index contributed by atoms with van der Waals surface area (Å²) in [5, 5.41) is 5.73. The average molecular weight is 441 g/mol. The summed E-state index contributed by atoms with van der Waals surface area (Å²) >= 11 is 0. The van der Waals surface area contributed by atoms with Crippen LogP contribution in [0.2, 0.25) is 0 Å². The fraction of sp³-hybridized carbons (Fsp3) is 0.609. The molecule has 1 unspecified atom stereocenters. The minimum Gasteiger partial charge on any atom is -0.370 e. The number of para-hydroxylation sites is 1. The molecule has 9 heteroatoms. The van der Waals surface area contributed by atoms with Crippen molar-refractivity contribution in [2.45, 2.75) is 37.8 Å². The van der Waals surface area contributed by atoms with Crippen LogP contribution in [-0.2, 0) is 16.6 Å². The predicted molar refractivity (Wildman–Crippen MR) is 123 cm³/mol. The Labute approximate surface area is 187 Å². The Balaban J connectivity index is 1.39. The van der Waals surface area contributed by atoms with E-state index in [2.05, 4.69) is 33.5 Å². The molecule has 2 aromatic rings. The second-order valence-corrected chi connectivity index (χ2v) is 9.51. The van der Waals surface area contributed by atoms with Gasteiger partial charge in [0.2, 0.25) is 11.8 Å². The van der Waals surface area contributed by atoms with Gasteiger partial charge in [0.05, 0.1) is 16.7 Å². The molecule has 3 aliphatic rings. The molecule has 1 aromatic heterocycles. The van der Waals surface area contributed by atoms with Gasteiger partial charge in [0.15, 0.2) is 0 Å². The highest BCUT2D eigenvalue weighted by atomic mass is 16.2. The van der Waals surface area contributed by atoms with Gasteiger partial charge in [-0.1, -0.05) is 6.07 Å². The van der Waals surface area contributed by atoms with Crippen molar-refractivity contribution in [3.05, 3.63) is 28.7 Å². The standard InChI is InChI=1S/C23H32N6O3/c1-26(14-15-12-24-13-15)16-8-10-28(11-9-16)17-4-3-5-18-21(17)27(2)23(32)29(18)19-6-7-20(30)25-22(19)31/h3-5,15-16,19,24H,6-14H2,1-2H3,(H,25,30,31). The van der Waals surface area contributed by atoms with E-state index in [0.29, 0.717) is 12.5 Å². The van der Waals surface area contributed by atoms with Crippen molar-refractivity contribution >= 4 is 28.5 Å². The van der Waals surface area contributed by atoms with Crippen LogP contribution in [0, 0.1) is 5.92 Å². The molecule has 1 aromatic carbocycles. The van der Waals surface area contributed by atoms with Gasteiger partial charge in [0.1, 0.15) is 6.04 Å². The Morgan fingerprint density at radius 2 is 1.84 bits per heavy atom. The van der Waals surface area contributed by atoms with Crippen LogP contribution in [-0.4, -0.2) is 71.7 Å². The highest BCUT2D eigenvalue weighted by molar-refractivity contribution is 6.00. The summed E-state index contributed by atoms with van der Waals surface area (Å²) in [7, 11) is 4.01. The molecule has 172 valence electrons. The molecule has 3 aliphatic heterocycles. The number of nitrogens with one attached hydrogen (secondary N) is 2. The summed E-state index contributed by atoms with van der Waals surface area (Å²) in [5.41, 5.74) is 2.43. The topological polar surface area (TPSA) is 91.6 Å². The molecule has 0 aliphatic carbocycles. The lowest BCUT2D eigenvalue weighted by atomic mass is 9.98. The maximum absolute atomic E-state index is 13.2. The van der Waals surface area contributed by atoms with E-state index < -0.39 is 11.9 Å². The van der Waals surface area contributed by atoms with Crippen LogP contribution in [0.1, 0.15) is 31.7 Å². The lowest BCUT2D eigenvalue weighted by Crippen LogP contribution is -2.51. The largest absolute Gasteiger partial charge is 0.370 e. The number of piperidine rings is 2. The number of benzene rings is 1. The number of anilines is 1. The Morgan fingerprint density at radius 1 is 1.09 bits per heavy atom. The first kappa shape index (κ1) is 21.2. The highest BCUT2D eigenvalue weighted by Crippen LogP contribution is 2.31. The van der Waals surface area contributed by atoms with Gasteiger partial charge in [-0.15, -0.1) is 0 Å². The first-order chi connectivity index (χ1) is 15.4. The summed E-state index contributed by atoms with van der Waals surface area (Å²) < 4.78 is 3.21. The van der Waals surface area contributed by atoms with Gasteiger partial charge in [0, 0.05) is 52.2 Å². The van der Waals surface area contributed by atoms with Gasteiger partial charge in [-0.25, -0.2) is 4.79 Å². The van der Waals surface area contributed by atoms with Gasteiger partial charge in [-0.2, -0.15) is 0 Å². The van der Waals surface area contributed by atoms with E-state index in [-0.39, 0.29) is 18.0 Å². The Hall–Kier alpha value is -2.65. The number of imidazole rings is 1. The average Bonchev–Trinajstić information content (AvgIpc) is 3.01. The molecule has 0 bridgehead atoms. The van der Waals surface area contributed by atoms with Gasteiger partial charge in [0.25, 0.3) is 0 Å². The molecule has 5 rings (SSSR count). The molecule has 0 saturated carbocycles. The number of imide groups is 1. The highest BCUT2D eigenvalue weighted by Gasteiger charge is 2.33. The van der Waals surface area contributed by atoms with E-state index in [1.165, 1.54) is 0 Å². The van der Waals surface area contributed by atoms with Gasteiger partial charge in [-0.3, -0.25) is 24.0 Å². The first-order valence-corrected chi connectivity index (χ1v) is 11.6. The maximum atomic E-state index is 13.2. The normalized spacial score (nSPS) is 23.1. The number of hydrogen-bond acceptors (Lipinski definition) is 6. The molecule has 32 heavy (non-hydrogen) atoms. The van der Waals surface area contributed by atoms with Crippen molar-refractivity contribution in [1.82, 2.24) is 24.7 Å². The van der Waals surface area contributed by atoms with Crippen LogP contribution in [0.4, 0.5) is 5.69 Å². The van der Waals surface area contributed by atoms with Gasteiger partial charge in [-0.05, 0) is 44.4 Å². The lowest BCUT2D eigenvalue weighted by molar-refractivity contribution is -0.135. The van der Waals surface area contributed by atoms with Crippen LogP contribution in [0.15, 0.2) is 23.0 Å². The van der Waals surface area contributed by atoms with Crippen LogP contribution in [0.5, 0.6) is 0 Å². The third-order valence-electron chi connectivity index (χ3n) is 7.44. The Morgan fingerprint density at radius 3 is 2.50 bits per heavy atom. The third-order valence-corrected chi connectivity index (χ3v) is 7.44. The number of carbonyl (C=O) groups is 2. The fourth-order valence-corrected chi connectivity index (χ4v) is 5.48. The molecular formula is C23H32N6O3. The summed E-state index contributed by atoms with van der Waals surface area (Å²) in [6, 6.07) is 5.86. The molecule has 3 fully saturated rings. The first-order valence-electron chi connectivity index (χ1n) is 11.6. The Bertz CT molecular complexity index is 1090. The van der Waals surface area contributed by atoms with Gasteiger partial charge < -0.3 is 15.1 Å². The number of hydrogen-bond donors (Lipinski definition) is 2. The number of fused-ring (bicyclic) bond motifs is 1. The molecule has 2 N–H and O–H groups in total. The molecule has 2 amide bonds. The van der Waals surface area contributed by atoms with E-state index in [4.69, 9.17) is 0 Å². The molecule has 9 nitrogen and oxygen atoms in total. The van der Waals surface area contributed by atoms with E-state index >= 15 is 0 Å². The smallest absolute Gasteiger partial charge is 0.329 e. The van der Waals surface area contributed by atoms with E-state index in [9.17, 15) is 14.4 Å². The van der Waals surface area contributed by atoms with Crippen LogP contribution in [0.25, 0.3) is 11.0 Å². The molecule has 0 spiro atoms. The second kappa shape index (κ2) is 8.37. The summed E-state index contributed by atoms with van der Waals surface area (Å²) in [4.78, 5) is 42.1. The summed E-state index contributed by atoms with van der Waals surface area (Å²) in [5.74, 6) is 0.0988. The van der Waals surface area contributed by atoms with E-state index in [0.717, 1.165) is 68.2 Å². The van der Waals surface area contributed by atoms with Crippen molar-refractivity contribution in [3.8, 4) is 0 Å². The minimum absolute atomic E-state index is 0.217. The van der Waals surface area contributed by atoms with Crippen molar-refractivity contribution in [3.63, 3.8) is 0 Å². The molecular weight excluding hydrogens is 408 g/mol. The number of aromatic nitrogens is 2. The monoisotopic (exact) mass is 440 g/mol. The second-order valence-electron chi connectivity index (χ2n) is 9.51. The van der Waals surface area contributed by atoms with E-state index in [1.54, 1.807) is 16.2 Å². The number of amides is 2. The lowest BCUT2D eigenvalue weighted by Gasteiger charge is -2.40. The minimum atomic E-state index is -0.653. The Kier molecular flexibility index (Phi) is 5.54. The van der Waals surface area contributed by atoms with Gasteiger partial charge >= 0.3 is 5.69 Å². The molecule has 4 heterocycles. The maximum Gasteiger partial charge on any atom is 0.329 e. The van der Waals surface area contributed by atoms with E-state index in [1.807, 2.05) is 12.1 Å². The zero-order chi connectivity index (χ0) is 22.4. The van der Waals surface area contributed by atoms with Crippen molar-refractivity contribution < 1.29 is 9.59 Å². The third kappa shape index (κ3) is 3.63. The van der Waals surface area contributed by atoms with Crippen molar-refractivity contribution in [2.24, 2.45) is 13.0 Å². The number of rotatable bonds is 5. The number of aryl methyl sites for hydroxylation is 1. The van der Waals surface area contributed by atoms with Crippen LogP contribution < -0.4 is 21.2 Å². The van der Waals surface area contributed by atoms with Crippen molar-refractivity contribution in [1.29, 1.82) is 0 Å². The van der Waals surface area contributed by atoms with Crippen molar-refractivity contribution in [2.75, 3.05) is 44.7 Å². The molecule has 0 radical (unpaired) electrons. The zero-order valence-corrected chi connectivity index (χ0v) is 18.8. The predicted octanol–water partition coefficient (Wildman–Crippen LogP) is 0.438. The molecule has 1 atom stereocenters. The fourth-order valence-electron chi connectivity index (χ4n) is 5.48. The number of carbonyl (C=O) groups excluding carboxylic acids is 2. The van der Waals surface area contributed by atoms with Crippen LogP contribution in [0.3, 0.4) is 0 Å². The number of nitrogens with zero attached hydrogens (tertiary/aromatic N) is 4. The SMILES string of the molecule is CN(CC1CNC1)C1CCN(c2cccc3c2n(C)c(=O)n3C2CCC(=O)NC2=O)CC1. The van der Waals surface area contributed by atoms with Crippen LogP contribution >= 0.6 is 0 Å². The zero-order valence-electron chi connectivity index (χ0n) is 18.8. The summed E-state index contributed by atoms with van der Waals surface area (Å²) in [6.07, 6.45) is 2.78.